The molecule has 6 nitrogen and oxygen atoms in total. The average Bonchev–Trinajstić information content (AvgIpc) is 2.99. The fourth-order valence-corrected chi connectivity index (χ4v) is 2.45. The van der Waals surface area contributed by atoms with Crippen LogP contribution in [-0.4, -0.2) is 18.9 Å². The fraction of sp³-hybridized carbons (Fsp3) is 0.111. The number of carbonyl (C=O) groups excluding carboxylic acids is 2. The third-order valence-electron chi connectivity index (χ3n) is 3.60. The molecule has 0 radical (unpaired) electrons. The first kappa shape index (κ1) is 16.7. The van der Waals surface area contributed by atoms with Gasteiger partial charge in [0, 0.05) is 18.1 Å². The maximum Gasteiger partial charge on any atom is 0.305 e. The Morgan fingerprint density at radius 3 is 2.48 bits per heavy atom. The van der Waals surface area contributed by atoms with Gasteiger partial charge in [-0.3, -0.25) is 20.4 Å². The highest BCUT2D eigenvalue weighted by atomic mass is 19.1. The molecule has 7 heteroatoms. The van der Waals surface area contributed by atoms with E-state index in [0.717, 1.165) is 11.5 Å². The lowest BCUT2D eigenvalue weighted by Crippen LogP contribution is -2.42. The van der Waals surface area contributed by atoms with Gasteiger partial charge in [0.15, 0.2) is 5.76 Å². The van der Waals surface area contributed by atoms with E-state index in [9.17, 15) is 14.0 Å². The maximum atomic E-state index is 13.6. The van der Waals surface area contributed by atoms with Gasteiger partial charge in [0.2, 0.25) is 0 Å². The molecule has 25 heavy (non-hydrogen) atoms. The smallest absolute Gasteiger partial charge is 0.305 e. The minimum Gasteiger partial charge on any atom is -0.450 e. The fourth-order valence-electron chi connectivity index (χ4n) is 2.45. The van der Waals surface area contributed by atoms with E-state index in [1.807, 2.05) is 12.1 Å². The van der Waals surface area contributed by atoms with Crippen LogP contribution in [0.2, 0.25) is 0 Å². The van der Waals surface area contributed by atoms with Crippen LogP contribution >= 0.6 is 0 Å². The van der Waals surface area contributed by atoms with Crippen molar-refractivity contribution in [3.8, 4) is 0 Å². The van der Waals surface area contributed by atoms with Crippen molar-refractivity contribution < 1.29 is 23.1 Å². The van der Waals surface area contributed by atoms with Crippen molar-refractivity contribution >= 4 is 22.8 Å². The van der Waals surface area contributed by atoms with E-state index in [4.69, 9.17) is 9.15 Å². The summed E-state index contributed by atoms with van der Waals surface area (Å²) in [5.41, 5.74) is 5.32. The zero-order valence-electron chi connectivity index (χ0n) is 13.3. The molecule has 2 aromatic carbocycles. The van der Waals surface area contributed by atoms with Gasteiger partial charge in [0.25, 0.3) is 5.91 Å². The number of methoxy groups -OCH3 is 1. The number of fused-ring (bicyclic) bond motifs is 1. The Labute approximate surface area is 142 Å². The number of amides is 2. The van der Waals surface area contributed by atoms with Gasteiger partial charge in [-0.05, 0) is 18.2 Å². The van der Waals surface area contributed by atoms with Gasteiger partial charge in [-0.2, -0.15) is 0 Å². The summed E-state index contributed by atoms with van der Waals surface area (Å²) in [5, 5.41) is 0.745. The van der Waals surface area contributed by atoms with E-state index >= 15 is 0 Å². The van der Waals surface area contributed by atoms with Crippen LogP contribution in [0.4, 0.5) is 4.39 Å². The highest BCUT2D eigenvalue weighted by Crippen LogP contribution is 2.26. The van der Waals surface area contributed by atoms with E-state index in [0.29, 0.717) is 11.1 Å². The molecule has 3 rings (SSSR count). The van der Waals surface area contributed by atoms with Gasteiger partial charge in [-0.25, -0.2) is 4.39 Å². The third kappa shape index (κ3) is 3.36. The SMILES string of the molecule is COCc1c(C(=O)NNC(=O)c2ccccc2F)oc2ccccc12. The Kier molecular flexibility index (Phi) is 4.76. The van der Waals surface area contributed by atoms with Crippen molar-refractivity contribution in [3.05, 3.63) is 71.2 Å². The molecule has 0 bridgehead atoms. The molecule has 0 atom stereocenters. The Bertz CT molecular complexity index is 936. The number of halogens is 1. The number of carbonyl (C=O) groups is 2. The summed E-state index contributed by atoms with van der Waals surface area (Å²) >= 11 is 0. The molecule has 0 aliphatic heterocycles. The molecular weight excluding hydrogens is 327 g/mol. The summed E-state index contributed by atoms with van der Waals surface area (Å²) in [5.74, 6) is -2.08. The van der Waals surface area contributed by atoms with Crippen LogP contribution in [0.1, 0.15) is 26.5 Å². The van der Waals surface area contributed by atoms with E-state index < -0.39 is 17.6 Å². The van der Waals surface area contributed by atoms with Crippen molar-refractivity contribution in [1.29, 1.82) is 0 Å². The molecule has 0 aliphatic carbocycles. The molecule has 0 unspecified atom stereocenters. The number of ether oxygens (including phenoxy) is 1. The van der Waals surface area contributed by atoms with Gasteiger partial charge in [0.05, 0.1) is 12.2 Å². The Morgan fingerprint density at radius 2 is 1.72 bits per heavy atom. The van der Waals surface area contributed by atoms with Gasteiger partial charge >= 0.3 is 5.91 Å². The molecule has 3 aromatic rings. The van der Waals surface area contributed by atoms with E-state index in [1.165, 1.54) is 25.3 Å². The van der Waals surface area contributed by atoms with Crippen molar-refractivity contribution in [1.82, 2.24) is 10.9 Å². The minimum absolute atomic E-state index is 0.0249. The number of hydrogen-bond acceptors (Lipinski definition) is 4. The van der Waals surface area contributed by atoms with Crippen LogP contribution < -0.4 is 10.9 Å². The molecule has 0 spiro atoms. The number of hydrogen-bond donors (Lipinski definition) is 2. The molecule has 2 amide bonds. The quantitative estimate of drug-likeness (QED) is 0.715. The molecule has 128 valence electrons. The Hall–Kier alpha value is -3.19. The average molecular weight is 342 g/mol. The molecule has 2 N–H and O–H groups in total. The largest absolute Gasteiger partial charge is 0.450 e. The predicted molar refractivity (Wildman–Crippen MR) is 88.3 cm³/mol. The highest BCUT2D eigenvalue weighted by Gasteiger charge is 2.21. The molecular formula is C18H15FN2O4. The molecule has 0 fully saturated rings. The van der Waals surface area contributed by atoms with Gasteiger partial charge in [-0.1, -0.05) is 30.3 Å². The molecule has 1 heterocycles. The zero-order chi connectivity index (χ0) is 17.8. The predicted octanol–water partition coefficient (Wildman–Crippen LogP) is 2.79. The van der Waals surface area contributed by atoms with E-state index in [1.54, 1.807) is 12.1 Å². The summed E-state index contributed by atoms with van der Waals surface area (Å²) < 4.78 is 24.3. The monoisotopic (exact) mass is 342 g/mol. The molecule has 0 saturated heterocycles. The van der Waals surface area contributed by atoms with Gasteiger partial charge in [-0.15, -0.1) is 0 Å². The summed E-state index contributed by atoms with van der Waals surface area (Å²) in [7, 11) is 1.50. The van der Waals surface area contributed by atoms with Crippen LogP contribution in [0, 0.1) is 5.82 Å². The zero-order valence-corrected chi connectivity index (χ0v) is 13.3. The van der Waals surface area contributed by atoms with Crippen molar-refractivity contribution in [2.24, 2.45) is 0 Å². The number of rotatable bonds is 4. The molecule has 0 aliphatic rings. The number of furan rings is 1. The van der Waals surface area contributed by atoms with Crippen molar-refractivity contribution in [2.45, 2.75) is 6.61 Å². The number of hydrazine groups is 1. The minimum atomic E-state index is -0.768. The second-order valence-electron chi connectivity index (χ2n) is 5.23. The summed E-state index contributed by atoms with van der Waals surface area (Å²) in [4.78, 5) is 24.3. The Morgan fingerprint density at radius 1 is 1.04 bits per heavy atom. The molecule has 0 saturated carbocycles. The summed E-state index contributed by atoms with van der Waals surface area (Å²) in [6, 6.07) is 12.6. The van der Waals surface area contributed by atoms with Gasteiger partial charge in [0.1, 0.15) is 11.4 Å². The Balaban J connectivity index is 1.79. The van der Waals surface area contributed by atoms with Crippen molar-refractivity contribution in [2.75, 3.05) is 7.11 Å². The summed E-state index contributed by atoms with van der Waals surface area (Å²) in [6.45, 7) is 0.168. The normalized spacial score (nSPS) is 10.6. The number of nitrogens with one attached hydrogen (secondary N) is 2. The highest BCUT2D eigenvalue weighted by molar-refractivity contribution is 6.01. The number of benzene rings is 2. The second kappa shape index (κ2) is 7.14. The van der Waals surface area contributed by atoms with Crippen LogP contribution in [0.15, 0.2) is 52.9 Å². The van der Waals surface area contributed by atoms with Crippen LogP contribution in [0.5, 0.6) is 0 Å². The molecule has 1 aromatic heterocycles. The van der Waals surface area contributed by atoms with E-state index in [-0.39, 0.29) is 17.9 Å². The second-order valence-corrected chi connectivity index (χ2v) is 5.23. The maximum absolute atomic E-state index is 13.6. The first-order chi connectivity index (χ1) is 12.1. The third-order valence-corrected chi connectivity index (χ3v) is 3.60. The van der Waals surface area contributed by atoms with Crippen LogP contribution in [-0.2, 0) is 11.3 Å². The first-order valence-corrected chi connectivity index (χ1v) is 7.46. The van der Waals surface area contributed by atoms with Crippen LogP contribution in [0.3, 0.4) is 0 Å². The topological polar surface area (TPSA) is 80.6 Å². The van der Waals surface area contributed by atoms with Crippen molar-refractivity contribution in [3.63, 3.8) is 0 Å². The lowest BCUT2D eigenvalue weighted by molar-refractivity contribution is 0.0826. The summed E-state index contributed by atoms with van der Waals surface area (Å²) in [6.07, 6.45) is 0. The van der Waals surface area contributed by atoms with Crippen LogP contribution in [0.25, 0.3) is 11.0 Å². The lowest BCUT2D eigenvalue weighted by atomic mass is 10.1. The van der Waals surface area contributed by atoms with Gasteiger partial charge < -0.3 is 9.15 Å². The standard InChI is InChI=1S/C18H15FN2O4/c1-24-10-13-11-6-3-5-9-15(11)25-16(13)18(23)21-20-17(22)12-7-2-4-8-14(12)19/h2-9H,10H2,1H3,(H,20,22)(H,21,23). The number of para-hydroxylation sites is 1. The lowest BCUT2D eigenvalue weighted by Gasteiger charge is -2.07. The van der Waals surface area contributed by atoms with E-state index in [2.05, 4.69) is 10.9 Å². The first-order valence-electron chi connectivity index (χ1n) is 7.46.